The molecule has 1 aliphatic rings. The standard InChI is InChI=1S/C11H12FN3O4S/c1-2-10(18)7(17)11(12,5-16)19-8(10)15-4-3-6(13)14-9(15)20/h1,3-4,7-8,16-18H,5H2,(H2,13,14,20). The number of alkyl halides is 1. The van der Waals surface area contributed by atoms with Crippen LogP contribution in [0.1, 0.15) is 6.23 Å². The number of hydrogen-bond acceptors (Lipinski definition) is 7. The summed E-state index contributed by atoms with van der Waals surface area (Å²) in [5, 5.41) is 29.0. The molecule has 0 saturated carbocycles. The Morgan fingerprint density at radius 1 is 1.70 bits per heavy atom. The van der Waals surface area contributed by atoms with Crippen LogP contribution < -0.4 is 5.73 Å². The summed E-state index contributed by atoms with van der Waals surface area (Å²) in [4.78, 5) is 3.75. The van der Waals surface area contributed by atoms with Crippen molar-refractivity contribution in [2.45, 2.75) is 23.8 Å². The van der Waals surface area contributed by atoms with Crippen molar-refractivity contribution in [3.63, 3.8) is 0 Å². The number of aromatic nitrogens is 2. The molecule has 1 saturated heterocycles. The highest BCUT2D eigenvalue weighted by atomic mass is 32.1. The van der Waals surface area contributed by atoms with Gasteiger partial charge < -0.3 is 25.8 Å². The first kappa shape index (κ1) is 14.8. The molecule has 0 bridgehead atoms. The van der Waals surface area contributed by atoms with Crippen molar-refractivity contribution in [1.29, 1.82) is 0 Å². The van der Waals surface area contributed by atoms with Crippen LogP contribution in [0.2, 0.25) is 0 Å². The van der Waals surface area contributed by atoms with Gasteiger partial charge in [-0.3, -0.25) is 4.57 Å². The molecule has 0 aromatic carbocycles. The van der Waals surface area contributed by atoms with E-state index < -0.39 is 30.4 Å². The molecule has 0 aliphatic carbocycles. The number of terminal acetylenes is 1. The summed E-state index contributed by atoms with van der Waals surface area (Å²) in [6.07, 6.45) is 2.73. The van der Waals surface area contributed by atoms with Crippen LogP contribution in [0.4, 0.5) is 10.2 Å². The number of hydrogen-bond donors (Lipinski definition) is 4. The quantitative estimate of drug-likeness (QED) is 0.414. The van der Waals surface area contributed by atoms with E-state index in [1.165, 1.54) is 12.3 Å². The van der Waals surface area contributed by atoms with Gasteiger partial charge in [-0.2, -0.15) is 0 Å². The fraction of sp³-hybridized carbons (Fsp3) is 0.455. The molecule has 4 unspecified atom stereocenters. The third kappa shape index (κ3) is 1.98. The van der Waals surface area contributed by atoms with Gasteiger partial charge in [0.15, 0.2) is 12.3 Å². The average molecular weight is 301 g/mol. The Balaban J connectivity index is 2.56. The van der Waals surface area contributed by atoms with E-state index in [-0.39, 0.29) is 10.6 Å². The van der Waals surface area contributed by atoms with E-state index in [1.54, 1.807) is 0 Å². The summed E-state index contributed by atoms with van der Waals surface area (Å²) in [5.74, 6) is -0.928. The lowest BCUT2D eigenvalue weighted by atomic mass is 9.94. The molecule has 20 heavy (non-hydrogen) atoms. The van der Waals surface area contributed by atoms with Crippen LogP contribution in [-0.2, 0) is 4.74 Å². The summed E-state index contributed by atoms with van der Waals surface area (Å²) >= 11 is 4.92. The van der Waals surface area contributed by atoms with Crippen molar-refractivity contribution in [3.05, 3.63) is 17.0 Å². The molecule has 2 heterocycles. The summed E-state index contributed by atoms with van der Waals surface area (Å²) < 4.78 is 20.0. The molecule has 1 fully saturated rings. The molecule has 1 aromatic heterocycles. The molecule has 4 atom stereocenters. The van der Waals surface area contributed by atoms with Crippen molar-refractivity contribution in [1.82, 2.24) is 9.55 Å². The number of aliphatic hydroxyl groups excluding tert-OH is 2. The van der Waals surface area contributed by atoms with E-state index in [2.05, 4.69) is 4.98 Å². The third-order valence-corrected chi connectivity index (χ3v) is 3.36. The van der Waals surface area contributed by atoms with Crippen LogP contribution in [0.5, 0.6) is 0 Å². The first-order valence-corrected chi connectivity index (χ1v) is 5.90. The monoisotopic (exact) mass is 301 g/mol. The van der Waals surface area contributed by atoms with E-state index in [1.807, 2.05) is 5.92 Å². The van der Waals surface area contributed by atoms with E-state index in [0.717, 1.165) is 4.57 Å². The summed E-state index contributed by atoms with van der Waals surface area (Å²) in [5.41, 5.74) is 3.01. The zero-order valence-corrected chi connectivity index (χ0v) is 10.9. The maximum atomic E-state index is 14.2. The minimum absolute atomic E-state index is 0.114. The molecule has 2 rings (SSSR count). The fourth-order valence-electron chi connectivity index (χ4n) is 1.95. The topological polar surface area (TPSA) is 114 Å². The highest BCUT2D eigenvalue weighted by molar-refractivity contribution is 7.71. The number of rotatable bonds is 2. The number of nitrogens with zero attached hydrogens (tertiary/aromatic N) is 2. The van der Waals surface area contributed by atoms with Crippen molar-refractivity contribution >= 4 is 18.0 Å². The van der Waals surface area contributed by atoms with Gasteiger partial charge in [-0.15, -0.1) is 6.42 Å². The Labute approximate surface area is 118 Å². The molecule has 1 aliphatic heterocycles. The normalized spacial score (nSPS) is 36.8. The molecule has 1 aromatic rings. The second-order valence-corrected chi connectivity index (χ2v) is 4.69. The Hall–Kier alpha value is -1.57. The SMILES string of the molecule is C#CC1(O)C(n2ccc(N)nc2=S)OC(F)(CO)C1O. The van der Waals surface area contributed by atoms with E-state index >= 15 is 0 Å². The average Bonchev–Trinajstić information content (AvgIpc) is 2.62. The number of aliphatic hydroxyl groups is 3. The highest BCUT2D eigenvalue weighted by Gasteiger charge is 2.64. The van der Waals surface area contributed by atoms with Crippen LogP contribution in [0, 0.1) is 17.1 Å². The predicted octanol–water partition coefficient (Wildman–Crippen LogP) is -0.893. The lowest BCUT2D eigenvalue weighted by molar-refractivity contribution is -0.207. The summed E-state index contributed by atoms with van der Waals surface area (Å²) in [6, 6.07) is 1.33. The highest BCUT2D eigenvalue weighted by Crippen LogP contribution is 2.44. The number of halogens is 1. The molecule has 108 valence electrons. The second kappa shape index (κ2) is 4.76. The fourth-order valence-corrected chi connectivity index (χ4v) is 2.21. The molecular weight excluding hydrogens is 289 g/mol. The largest absolute Gasteiger partial charge is 0.390 e. The van der Waals surface area contributed by atoms with Gasteiger partial charge in [0, 0.05) is 6.20 Å². The van der Waals surface area contributed by atoms with Gasteiger partial charge in [0.2, 0.25) is 10.4 Å². The van der Waals surface area contributed by atoms with Crippen molar-refractivity contribution in [2.75, 3.05) is 12.3 Å². The summed E-state index contributed by atoms with van der Waals surface area (Å²) in [6.45, 7) is -1.19. The van der Waals surface area contributed by atoms with Crippen LogP contribution in [-0.4, -0.2) is 49.0 Å². The number of nitrogens with two attached hydrogens (primary N) is 1. The van der Waals surface area contributed by atoms with Crippen LogP contribution >= 0.6 is 12.2 Å². The Morgan fingerprint density at radius 3 is 2.85 bits per heavy atom. The van der Waals surface area contributed by atoms with Gasteiger partial charge >= 0.3 is 0 Å². The first-order chi connectivity index (χ1) is 9.28. The molecule has 0 radical (unpaired) electrons. The third-order valence-electron chi connectivity index (χ3n) is 3.06. The minimum atomic E-state index is -2.91. The maximum Gasteiger partial charge on any atom is 0.264 e. The van der Waals surface area contributed by atoms with Gasteiger partial charge in [-0.05, 0) is 18.3 Å². The molecule has 7 nitrogen and oxygen atoms in total. The maximum absolute atomic E-state index is 14.2. The van der Waals surface area contributed by atoms with Crippen LogP contribution in [0.3, 0.4) is 0 Å². The van der Waals surface area contributed by atoms with Gasteiger partial charge in [-0.25, -0.2) is 9.37 Å². The lowest BCUT2D eigenvalue weighted by Gasteiger charge is -2.26. The predicted molar refractivity (Wildman–Crippen MR) is 68.3 cm³/mol. The van der Waals surface area contributed by atoms with Crippen molar-refractivity contribution in [3.8, 4) is 12.3 Å². The van der Waals surface area contributed by atoms with Crippen molar-refractivity contribution < 1.29 is 24.4 Å². The van der Waals surface area contributed by atoms with E-state index in [4.69, 9.17) is 34.2 Å². The minimum Gasteiger partial charge on any atom is -0.390 e. The molecule has 9 heteroatoms. The zero-order valence-electron chi connectivity index (χ0n) is 10.1. The van der Waals surface area contributed by atoms with Gasteiger partial charge in [0.1, 0.15) is 12.4 Å². The number of anilines is 1. The smallest absolute Gasteiger partial charge is 0.264 e. The number of ether oxygens (including phenoxy) is 1. The first-order valence-electron chi connectivity index (χ1n) is 5.49. The van der Waals surface area contributed by atoms with Crippen LogP contribution in [0.15, 0.2) is 12.3 Å². The van der Waals surface area contributed by atoms with E-state index in [9.17, 15) is 14.6 Å². The Bertz CT molecular complexity index is 633. The van der Waals surface area contributed by atoms with Gasteiger partial charge in [-0.1, -0.05) is 5.92 Å². The molecule has 0 spiro atoms. The van der Waals surface area contributed by atoms with Gasteiger partial charge in [0.05, 0.1) is 0 Å². The molecule has 5 N–H and O–H groups in total. The van der Waals surface area contributed by atoms with Crippen molar-refractivity contribution in [2.24, 2.45) is 0 Å². The van der Waals surface area contributed by atoms with E-state index in [0.29, 0.717) is 0 Å². The molecule has 0 amide bonds. The Kier molecular flexibility index (Phi) is 3.53. The van der Waals surface area contributed by atoms with Crippen LogP contribution in [0.25, 0.3) is 0 Å². The lowest BCUT2D eigenvalue weighted by Crippen LogP contribution is -2.50. The summed E-state index contributed by atoms with van der Waals surface area (Å²) in [7, 11) is 0. The molecular formula is C11H12FN3O4S. The Morgan fingerprint density at radius 2 is 2.35 bits per heavy atom. The van der Waals surface area contributed by atoms with Gasteiger partial charge in [0.25, 0.3) is 5.85 Å². The number of nitrogen functional groups attached to an aromatic ring is 1. The second-order valence-electron chi connectivity index (χ2n) is 4.33. The zero-order chi connectivity index (χ0) is 15.1.